The number of hydrogen-bond acceptors (Lipinski definition) is 8. The molecule has 3 aromatic rings. The van der Waals surface area contributed by atoms with Gasteiger partial charge in [0.05, 0.1) is 57.3 Å². The summed E-state index contributed by atoms with van der Waals surface area (Å²) in [5, 5.41) is 5.92. The first kappa shape index (κ1) is 22.6. The molecule has 7 rings (SSSR count). The van der Waals surface area contributed by atoms with E-state index in [4.69, 9.17) is 29.3 Å². The van der Waals surface area contributed by atoms with Crippen LogP contribution in [0.5, 0.6) is 0 Å². The number of ether oxygens (including phenoxy) is 3. The van der Waals surface area contributed by atoms with E-state index in [-0.39, 0.29) is 5.60 Å². The first-order valence-corrected chi connectivity index (χ1v) is 13.2. The summed E-state index contributed by atoms with van der Waals surface area (Å²) in [6.07, 6.45) is 4.34. The van der Waals surface area contributed by atoms with Gasteiger partial charge in [0.2, 0.25) is 0 Å². The van der Waals surface area contributed by atoms with Gasteiger partial charge in [-0.15, -0.1) is 0 Å². The molecule has 4 saturated heterocycles. The van der Waals surface area contributed by atoms with Gasteiger partial charge in [0.15, 0.2) is 5.82 Å². The van der Waals surface area contributed by atoms with Gasteiger partial charge in [-0.2, -0.15) is 5.10 Å². The van der Waals surface area contributed by atoms with Crippen LogP contribution in [0.15, 0.2) is 24.4 Å². The molecule has 0 aliphatic carbocycles. The fourth-order valence-corrected chi connectivity index (χ4v) is 6.19. The summed E-state index contributed by atoms with van der Waals surface area (Å²) < 4.78 is 18.9. The Hall–Kier alpha value is -2.59. The van der Waals surface area contributed by atoms with Gasteiger partial charge in [-0.3, -0.25) is 4.90 Å². The molecule has 9 nitrogen and oxygen atoms in total. The van der Waals surface area contributed by atoms with Gasteiger partial charge >= 0.3 is 0 Å². The minimum atomic E-state index is -0.191. The Morgan fingerprint density at radius 3 is 2.47 bits per heavy atom. The van der Waals surface area contributed by atoms with Gasteiger partial charge in [0.1, 0.15) is 17.2 Å². The predicted molar refractivity (Wildman–Crippen MR) is 136 cm³/mol. The number of morpholine rings is 1. The molecule has 0 atom stereocenters. The molecule has 190 valence electrons. The molecule has 6 heterocycles. The molecule has 0 radical (unpaired) electrons. The van der Waals surface area contributed by atoms with E-state index in [2.05, 4.69) is 34.9 Å². The Morgan fingerprint density at radius 1 is 0.944 bits per heavy atom. The highest BCUT2D eigenvalue weighted by Gasteiger charge is 2.44. The van der Waals surface area contributed by atoms with E-state index < -0.39 is 0 Å². The van der Waals surface area contributed by atoms with E-state index in [1.54, 1.807) is 0 Å². The summed E-state index contributed by atoms with van der Waals surface area (Å²) >= 11 is 0. The molecule has 1 spiro atoms. The normalized spacial score (nSPS) is 23.2. The molecule has 1 aromatic carbocycles. The fraction of sp³-hybridized carbons (Fsp3) is 0.593. The minimum absolute atomic E-state index is 0.191. The smallest absolute Gasteiger partial charge is 0.159 e. The van der Waals surface area contributed by atoms with Crippen molar-refractivity contribution in [3.8, 4) is 5.82 Å². The van der Waals surface area contributed by atoms with E-state index in [1.165, 1.54) is 24.0 Å². The van der Waals surface area contributed by atoms with Crippen LogP contribution in [0.3, 0.4) is 0 Å². The quantitative estimate of drug-likeness (QED) is 0.553. The monoisotopic (exact) mass is 490 g/mol. The van der Waals surface area contributed by atoms with E-state index in [0.29, 0.717) is 31.8 Å². The lowest BCUT2D eigenvalue weighted by Gasteiger charge is -2.48. The average molecular weight is 491 g/mol. The first-order chi connectivity index (χ1) is 17.6. The van der Waals surface area contributed by atoms with E-state index >= 15 is 0 Å². The number of aromatic nitrogens is 4. The van der Waals surface area contributed by atoms with Crippen LogP contribution < -0.4 is 4.90 Å². The van der Waals surface area contributed by atoms with Crippen LogP contribution in [-0.4, -0.2) is 95.5 Å². The molecule has 4 aliphatic heterocycles. The van der Waals surface area contributed by atoms with Crippen LogP contribution in [-0.2, 0) is 14.2 Å². The van der Waals surface area contributed by atoms with Gasteiger partial charge in [-0.1, -0.05) is 0 Å². The Labute approximate surface area is 211 Å². The summed E-state index contributed by atoms with van der Waals surface area (Å²) in [6.45, 7) is 11.9. The maximum atomic E-state index is 6.02. The van der Waals surface area contributed by atoms with Gasteiger partial charge < -0.3 is 19.1 Å². The van der Waals surface area contributed by atoms with Crippen molar-refractivity contribution in [3.05, 3.63) is 41.3 Å². The molecule has 9 heteroatoms. The molecular weight excluding hydrogens is 456 g/mol. The molecular formula is C27H34N6O3. The van der Waals surface area contributed by atoms with Crippen LogP contribution in [0.4, 0.5) is 5.82 Å². The van der Waals surface area contributed by atoms with Crippen LogP contribution in [0.25, 0.3) is 16.7 Å². The van der Waals surface area contributed by atoms with Crippen LogP contribution in [0.2, 0.25) is 0 Å². The lowest BCUT2D eigenvalue weighted by atomic mass is 9.85. The average Bonchev–Trinajstić information content (AvgIpc) is 3.24. The molecule has 4 fully saturated rings. The topological polar surface area (TPSA) is 77.8 Å². The molecule has 36 heavy (non-hydrogen) atoms. The van der Waals surface area contributed by atoms with Crippen molar-refractivity contribution in [2.75, 3.05) is 64.1 Å². The molecule has 4 aliphatic rings. The summed E-state index contributed by atoms with van der Waals surface area (Å²) in [7, 11) is 0. The number of rotatable bonds is 4. The number of aryl methyl sites for hydroxylation is 2. The maximum Gasteiger partial charge on any atom is 0.159 e. The van der Waals surface area contributed by atoms with E-state index in [0.717, 1.165) is 67.8 Å². The van der Waals surface area contributed by atoms with Crippen molar-refractivity contribution >= 4 is 16.7 Å². The number of hydrogen-bond donors (Lipinski definition) is 0. The number of likely N-dealkylation sites (tertiary alicyclic amines) is 1. The van der Waals surface area contributed by atoms with Gasteiger partial charge in [0.25, 0.3) is 0 Å². The van der Waals surface area contributed by atoms with Gasteiger partial charge in [-0.25, -0.2) is 14.6 Å². The molecule has 0 saturated carbocycles. The third-order valence-corrected chi connectivity index (χ3v) is 8.39. The van der Waals surface area contributed by atoms with Crippen LogP contribution in [0, 0.1) is 13.8 Å². The number of fused-ring (bicyclic) bond motifs is 1. The standard InChI is InChI=1S/C27H34N6O3/c1-18-9-21-12-28-33(24(21)10-23(18)20-3-5-31(6-4-20)22-13-34-14-22)26-11-25(29-19(2)30-26)32-7-8-36-27(15-32)16-35-17-27/h9-12,20,22H,3-8,13-17H2,1-2H3. The first-order valence-electron chi connectivity index (χ1n) is 13.2. The maximum absolute atomic E-state index is 6.02. The second-order valence-corrected chi connectivity index (χ2v) is 10.9. The summed E-state index contributed by atoms with van der Waals surface area (Å²) in [4.78, 5) is 14.5. The number of nitrogens with zero attached hydrogens (tertiary/aromatic N) is 6. The predicted octanol–water partition coefficient (Wildman–Crippen LogP) is 2.62. The summed E-state index contributed by atoms with van der Waals surface area (Å²) in [5.41, 5.74) is 3.72. The zero-order valence-electron chi connectivity index (χ0n) is 21.2. The second-order valence-electron chi connectivity index (χ2n) is 10.9. The second kappa shape index (κ2) is 8.76. The Morgan fingerprint density at radius 2 is 1.75 bits per heavy atom. The van der Waals surface area contributed by atoms with Crippen molar-refractivity contribution in [2.45, 2.75) is 44.2 Å². The van der Waals surface area contributed by atoms with Crippen molar-refractivity contribution in [1.82, 2.24) is 24.6 Å². The van der Waals surface area contributed by atoms with Crippen LogP contribution in [0.1, 0.15) is 35.7 Å². The summed E-state index contributed by atoms with van der Waals surface area (Å²) in [5.74, 6) is 3.06. The van der Waals surface area contributed by atoms with Gasteiger partial charge in [0, 0.05) is 18.0 Å². The zero-order chi connectivity index (χ0) is 24.3. The van der Waals surface area contributed by atoms with Crippen LogP contribution >= 0.6 is 0 Å². The Kier molecular flexibility index (Phi) is 5.50. The highest BCUT2D eigenvalue weighted by Crippen LogP contribution is 2.35. The number of benzene rings is 1. The minimum Gasteiger partial charge on any atom is -0.378 e. The lowest BCUT2D eigenvalue weighted by molar-refractivity contribution is -0.211. The van der Waals surface area contributed by atoms with E-state index in [9.17, 15) is 0 Å². The van der Waals surface area contributed by atoms with Crippen molar-refractivity contribution < 1.29 is 14.2 Å². The largest absolute Gasteiger partial charge is 0.378 e. The third kappa shape index (κ3) is 3.89. The van der Waals surface area contributed by atoms with E-state index in [1.807, 2.05) is 17.8 Å². The van der Waals surface area contributed by atoms with Crippen molar-refractivity contribution in [1.29, 1.82) is 0 Å². The molecule has 0 unspecified atom stereocenters. The lowest BCUT2D eigenvalue weighted by Crippen LogP contribution is -2.63. The highest BCUT2D eigenvalue weighted by molar-refractivity contribution is 5.82. The third-order valence-electron chi connectivity index (χ3n) is 8.39. The fourth-order valence-electron chi connectivity index (χ4n) is 6.19. The number of anilines is 1. The molecule has 0 amide bonds. The van der Waals surface area contributed by atoms with Crippen molar-refractivity contribution in [2.24, 2.45) is 0 Å². The highest BCUT2D eigenvalue weighted by atomic mass is 16.6. The number of piperidine rings is 1. The molecule has 0 N–H and O–H groups in total. The molecule has 2 aromatic heterocycles. The van der Waals surface area contributed by atoms with Gasteiger partial charge in [-0.05, 0) is 69.0 Å². The summed E-state index contributed by atoms with van der Waals surface area (Å²) in [6, 6.07) is 7.34. The van der Waals surface area contributed by atoms with Crippen molar-refractivity contribution in [3.63, 3.8) is 0 Å². The Balaban J connectivity index is 1.19. The Bertz CT molecular complexity index is 1280. The zero-order valence-corrected chi connectivity index (χ0v) is 21.2. The SMILES string of the molecule is Cc1nc(N2CCOC3(COC3)C2)cc(-n2ncc3cc(C)c(C4CCN(C5COC5)CC4)cc32)n1. The molecule has 0 bridgehead atoms.